The molecule has 1 aliphatic rings. The number of rotatable bonds is 13. The summed E-state index contributed by atoms with van der Waals surface area (Å²) in [5.41, 5.74) is 12.1. The number of aliphatic hydroxyl groups excluding tert-OH is 1. The highest BCUT2D eigenvalue weighted by atomic mass is 28.4. The highest BCUT2D eigenvalue weighted by Gasteiger charge is 2.44. The molecule has 1 saturated carbocycles. The second kappa shape index (κ2) is 19.8. The van der Waals surface area contributed by atoms with Gasteiger partial charge in [0.15, 0.2) is 0 Å². The van der Waals surface area contributed by atoms with Gasteiger partial charge in [-0.05, 0) is 171 Å². The Bertz CT molecular complexity index is 2360. The lowest BCUT2D eigenvalue weighted by atomic mass is 9.70. The van der Waals surface area contributed by atoms with E-state index < -0.39 is 22.7 Å². The Hall–Kier alpha value is -4.01. The molecule has 5 heteroatoms. The predicted octanol–water partition coefficient (Wildman–Crippen LogP) is 16.1. The monoisotopic (exact) mass is 897 g/mol. The van der Waals surface area contributed by atoms with Gasteiger partial charge in [0.05, 0.1) is 0 Å². The number of terminal acetylenes is 1. The molecule has 3 nitrogen and oxygen atoms in total. The fourth-order valence-corrected chi connectivity index (χ4v) is 10.6. The van der Waals surface area contributed by atoms with Crippen LogP contribution in [0, 0.1) is 57.3 Å². The Labute approximate surface area is 393 Å². The van der Waals surface area contributed by atoms with E-state index in [1.165, 1.54) is 44.5 Å². The van der Waals surface area contributed by atoms with E-state index >= 15 is 0 Å². The van der Waals surface area contributed by atoms with Gasteiger partial charge in [0.25, 0.3) is 0 Å². The summed E-state index contributed by atoms with van der Waals surface area (Å²) >= 11 is 0. The van der Waals surface area contributed by atoms with Crippen LogP contribution in [0.25, 0.3) is 0 Å². The zero-order valence-electron chi connectivity index (χ0n) is 43.6. The van der Waals surface area contributed by atoms with Crippen LogP contribution in [0.3, 0.4) is 0 Å². The third kappa shape index (κ3) is 11.1. The summed E-state index contributed by atoms with van der Waals surface area (Å²) < 4.78 is 13.3. The number of benzene rings is 4. The van der Waals surface area contributed by atoms with Crippen LogP contribution in [0.1, 0.15) is 170 Å². The Balaban J connectivity index is 0.000000286. The second-order valence-electron chi connectivity index (χ2n) is 22.3. The van der Waals surface area contributed by atoms with Crippen molar-refractivity contribution in [2.45, 2.75) is 196 Å². The average Bonchev–Trinajstić information content (AvgIpc) is 3.98. The minimum atomic E-state index is -1.89. The molecule has 1 unspecified atom stereocenters. The molecule has 4 aromatic carbocycles. The average molecular weight is 897 g/mol. The van der Waals surface area contributed by atoms with Crippen molar-refractivity contribution in [1.29, 1.82) is 0 Å². The van der Waals surface area contributed by atoms with Crippen molar-refractivity contribution in [3.8, 4) is 35.7 Å². The van der Waals surface area contributed by atoms with Gasteiger partial charge in [0, 0.05) is 27.4 Å². The topological polar surface area (TPSA) is 38.7 Å². The minimum Gasteiger partial charge on any atom is -0.543 e. The smallest absolute Gasteiger partial charge is 0.250 e. The summed E-state index contributed by atoms with van der Waals surface area (Å²) in [6, 6.07) is 26.9. The van der Waals surface area contributed by atoms with Crippen LogP contribution >= 0.6 is 0 Å². The van der Waals surface area contributed by atoms with Gasteiger partial charge < -0.3 is 14.0 Å². The lowest BCUT2D eigenvalue weighted by Gasteiger charge is -2.38. The second-order valence-corrected chi connectivity index (χ2v) is 31.7. The van der Waals surface area contributed by atoms with Crippen LogP contribution < -0.4 is 8.85 Å². The molecule has 0 aromatic heterocycles. The first-order chi connectivity index (χ1) is 29.6. The van der Waals surface area contributed by atoms with Gasteiger partial charge in [-0.3, -0.25) is 0 Å². The van der Waals surface area contributed by atoms with E-state index in [2.05, 4.69) is 221 Å². The third-order valence-corrected chi connectivity index (χ3v) is 24.7. The third-order valence-electron chi connectivity index (χ3n) is 16.0. The van der Waals surface area contributed by atoms with Crippen LogP contribution in [0.2, 0.25) is 36.3 Å². The van der Waals surface area contributed by atoms with Gasteiger partial charge in [-0.25, -0.2) is 0 Å². The van der Waals surface area contributed by atoms with E-state index in [1.807, 2.05) is 0 Å². The summed E-state index contributed by atoms with van der Waals surface area (Å²) in [5, 5.41) is 10.7. The van der Waals surface area contributed by atoms with E-state index in [0.29, 0.717) is 0 Å². The maximum atomic E-state index is 10.4. The quantitative estimate of drug-likeness (QED) is 0.107. The predicted molar refractivity (Wildman–Crippen MR) is 281 cm³/mol. The molecule has 5 rings (SSSR count). The SMILES string of the molecule is C#Cc1ccc(C(CC)(CC)c2ccc(O[Si](C)(C)C(C)(C)C)c(C)c2)cc1C.CCC(CC)(c1ccc(C#CC(O)C2(C)CC2)c(C)c1)c1ccc(O[Si](C)(C)C(C)(C)C)c(C)c1. The van der Waals surface area contributed by atoms with E-state index in [9.17, 15) is 5.11 Å². The van der Waals surface area contributed by atoms with Crippen LogP contribution in [-0.4, -0.2) is 27.8 Å². The number of aryl methyl sites for hydroxylation is 4. The molecular weight excluding hydrogens is 813 g/mol. The van der Waals surface area contributed by atoms with E-state index in [1.54, 1.807) is 0 Å². The molecule has 4 aromatic rings. The number of aliphatic hydroxyl groups is 1. The van der Waals surface area contributed by atoms with Crippen LogP contribution in [0.4, 0.5) is 0 Å². The molecule has 1 atom stereocenters. The maximum Gasteiger partial charge on any atom is 0.250 e. The maximum absolute atomic E-state index is 10.4. The molecule has 64 heavy (non-hydrogen) atoms. The molecule has 0 radical (unpaired) electrons. The number of hydrogen-bond donors (Lipinski definition) is 1. The molecule has 0 bridgehead atoms. The molecule has 0 spiro atoms. The van der Waals surface area contributed by atoms with Crippen molar-refractivity contribution in [2.24, 2.45) is 5.41 Å². The van der Waals surface area contributed by atoms with Crippen LogP contribution in [0.5, 0.6) is 11.5 Å². The highest BCUT2D eigenvalue weighted by Crippen LogP contribution is 2.48. The Kier molecular flexibility index (Phi) is 16.3. The van der Waals surface area contributed by atoms with Crippen LogP contribution in [0.15, 0.2) is 72.8 Å². The van der Waals surface area contributed by atoms with Crippen molar-refractivity contribution in [2.75, 3.05) is 0 Å². The van der Waals surface area contributed by atoms with Gasteiger partial charge in [-0.1, -0.05) is 142 Å². The Morgan fingerprint density at radius 2 is 0.906 bits per heavy atom. The summed E-state index contributed by atoms with van der Waals surface area (Å²) in [6.07, 6.45) is 11.4. The lowest BCUT2D eigenvalue weighted by Crippen LogP contribution is -2.44. The van der Waals surface area contributed by atoms with E-state index in [0.717, 1.165) is 61.2 Å². The number of hydrogen-bond acceptors (Lipinski definition) is 3. The molecular formula is C59H84O3Si2. The van der Waals surface area contributed by atoms with Crippen molar-refractivity contribution >= 4 is 16.6 Å². The van der Waals surface area contributed by atoms with Crippen molar-refractivity contribution in [1.82, 2.24) is 0 Å². The van der Waals surface area contributed by atoms with E-state index in [-0.39, 0.29) is 26.3 Å². The Morgan fingerprint density at radius 3 is 1.19 bits per heavy atom. The van der Waals surface area contributed by atoms with Crippen LogP contribution in [-0.2, 0) is 10.8 Å². The zero-order valence-corrected chi connectivity index (χ0v) is 45.6. The summed E-state index contributed by atoms with van der Waals surface area (Å²) in [5.74, 6) is 11.2. The van der Waals surface area contributed by atoms with Gasteiger partial charge in [-0.15, -0.1) is 6.42 Å². The van der Waals surface area contributed by atoms with Crippen molar-refractivity contribution < 1.29 is 14.0 Å². The summed E-state index contributed by atoms with van der Waals surface area (Å²) in [6.45, 7) is 42.8. The highest BCUT2D eigenvalue weighted by molar-refractivity contribution is 6.75. The van der Waals surface area contributed by atoms with Gasteiger partial charge in [0.2, 0.25) is 16.6 Å². The standard InChI is InChI=1S/C32H46O2Si.C27H38OSi/c1-11-32(12-2,27-16-17-28(24(4)22-27)34-35(9,10)30(5,6)7)26-15-13-25(23(3)21-26)14-18-29(33)31(8)19-20-31;1-11-22-14-15-23(18-20(22)4)27(12-2,13-3)24-16-17-25(21(5)19-24)28-29(9,10)26(6,7)8/h13,15-17,21-22,29,33H,11-12,19-20H2,1-10H3;1,14-19H,12-13H2,2-10H3. The van der Waals surface area contributed by atoms with Crippen molar-refractivity contribution in [3.05, 3.63) is 128 Å². The molecule has 1 fully saturated rings. The van der Waals surface area contributed by atoms with Crippen molar-refractivity contribution in [3.63, 3.8) is 0 Å². The lowest BCUT2D eigenvalue weighted by molar-refractivity contribution is 0.158. The summed E-state index contributed by atoms with van der Waals surface area (Å²) in [7, 11) is -3.75. The Morgan fingerprint density at radius 1 is 0.578 bits per heavy atom. The normalized spacial score (nSPS) is 14.6. The first-order valence-corrected chi connectivity index (χ1v) is 29.9. The fraction of sp³-hybridized carbons (Fsp3) is 0.525. The molecule has 1 N–H and O–H groups in total. The molecule has 0 aliphatic heterocycles. The van der Waals surface area contributed by atoms with Gasteiger partial charge in [0.1, 0.15) is 17.6 Å². The first kappa shape index (κ1) is 52.6. The molecule has 0 amide bonds. The minimum absolute atomic E-state index is 0.00125. The van der Waals surface area contributed by atoms with E-state index in [4.69, 9.17) is 15.3 Å². The molecule has 0 heterocycles. The fourth-order valence-electron chi connectivity index (χ4n) is 8.46. The molecule has 346 valence electrons. The molecule has 0 saturated heterocycles. The summed E-state index contributed by atoms with van der Waals surface area (Å²) in [4.78, 5) is 0. The van der Waals surface area contributed by atoms with Gasteiger partial charge >= 0.3 is 0 Å². The largest absolute Gasteiger partial charge is 0.543 e. The van der Waals surface area contributed by atoms with Gasteiger partial charge in [-0.2, -0.15) is 0 Å². The molecule has 1 aliphatic carbocycles. The first-order valence-electron chi connectivity index (χ1n) is 24.1. The zero-order chi connectivity index (χ0) is 48.3.